The Bertz CT molecular complexity index is 1550. The van der Waals surface area contributed by atoms with Gasteiger partial charge in [-0.05, 0) is 66.0 Å². The van der Waals surface area contributed by atoms with Crippen molar-refractivity contribution in [2.45, 2.75) is 25.2 Å². The van der Waals surface area contributed by atoms with Crippen molar-refractivity contribution in [3.05, 3.63) is 83.3 Å². The zero-order chi connectivity index (χ0) is 29.3. The van der Waals surface area contributed by atoms with Crippen molar-refractivity contribution in [2.24, 2.45) is 11.1 Å². The number of anilines is 1. The van der Waals surface area contributed by atoms with Gasteiger partial charge in [0.25, 0.3) is 15.9 Å². The van der Waals surface area contributed by atoms with E-state index in [1.54, 1.807) is 36.4 Å². The number of carbonyl (C=O) groups excluding carboxylic acids is 1. The largest absolute Gasteiger partial charge is 0.400 e. The van der Waals surface area contributed by atoms with Gasteiger partial charge in [-0.15, -0.1) is 4.91 Å². The van der Waals surface area contributed by atoms with Crippen LogP contribution in [0.25, 0.3) is 22.8 Å². The third kappa shape index (κ3) is 7.36. The zero-order valence-corrected chi connectivity index (χ0v) is 23.5. The van der Waals surface area contributed by atoms with Crippen molar-refractivity contribution < 1.29 is 27.8 Å². The Labute approximate surface area is 232 Å². The number of aromatic amines is 1. The zero-order valence-electron chi connectivity index (χ0n) is 22.7. The van der Waals surface area contributed by atoms with Crippen molar-refractivity contribution >= 4 is 27.3 Å². The molecule has 0 fully saturated rings. The second-order valence-electron chi connectivity index (χ2n) is 9.21. The van der Waals surface area contributed by atoms with Crippen molar-refractivity contribution in [1.29, 1.82) is 0 Å². The molecule has 0 aliphatic rings. The average molecular weight is 567 g/mol. The van der Waals surface area contributed by atoms with Crippen LogP contribution in [-0.4, -0.2) is 45.3 Å². The van der Waals surface area contributed by atoms with Gasteiger partial charge in [-0.25, -0.2) is 17.7 Å². The number of aliphatic hydroxyl groups is 1. The number of hydrogen-bond donors (Lipinski definition) is 2. The third-order valence-electron chi connectivity index (χ3n) is 5.93. The van der Waals surface area contributed by atoms with E-state index in [1.807, 2.05) is 24.1 Å². The topological polar surface area (TPSA) is 156 Å². The van der Waals surface area contributed by atoms with E-state index in [1.165, 1.54) is 24.3 Å². The molecule has 210 valence electrons. The number of aromatic nitrogens is 2. The number of amides is 1. The molecular formula is C28H32N5O6S+. The van der Waals surface area contributed by atoms with Gasteiger partial charge in [-0.1, -0.05) is 38.1 Å². The number of nitrogens with zero attached hydrogens (tertiary/aromatic N) is 3. The Balaban J connectivity index is 0.00000216. The highest BCUT2D eigenvalue weighted by Gasteiger charge is 2.23. The Kier molecular flexibility index (Phi) is 10.2. The summed E-state index contributed by atoms with van der Waals surface area (Å²) in [7, 11) is -1.11. The summed E-state index contributed by atoms with van der Waals surface area (Å²) in [6.07, 6.45) is 0.978. The maximum atomic E-state index is 12.7. The lowest BCUT2D eigenvalue weighted by molar-refractivity contribution is -0.356. The number of carbonyl (C=O) groups is 1. The summed E-state index contributed by atoms with van der Waals surface area (Å²) < 4.78 is 32.6. The highest BCUT2D eigenvalue weighted by molar-refractivity contribution is 7.90. The Hall–Kier alpha value is -4.42. The molecule has 0 atom stereocenters. The van der Waals surface area contributed by atoms with Gasteiger partial charge in [0.05, 0.1) is 21.7 Å². The molecule has 1 aromatic heterocycles. The highest BCUT2D eigenvalue weighted by atomic mass is 32.2. The molecule has 0 aliphatic heterocycles. The molecule has 0 bridgehead atoms. The van der Waals surface area contributed by atoms with E-state index < -0.39 is 15.9 Å². The number of nitroso groups, excluding NO2 is 1. The van der Waals surface area contributed by atoms with Crippen LogP contribution in [0.15, 0.2) is 87.4 Å². The molecule has 4 rings (SSSR count). The van der Waals surface area contributed by atoms with Crippen LogP contribution in [0.1, 0.15) is 30.6 Å². The molecule has 0 radical (unpaired) electrons. The van der Waals surface area contributed by atoms with Gasteiger partial charge in [-0.3, -0.25) is 4.79 Å². The quantitative estimate of drug-likeness (QED) is 0.267. The smallest absolute Gasteiger partial charge is 0.378 e. The summed E-state index contributed by atoms with van der Waals surface area (Å²) >= 11 is 0. The summed E-state index contributed by atoms with van der Waals surface area (Å²) in [6, 6.07) is 19.2. The maximum absolute atomic E-state index is 12.7. The van der Waals surface area contributed by atoms with E-state index in [-0.39, 0.29) is 22.0 Å². The number of H-pyrrole nitrogens is 1. The van der Waals surface area contributed by atoms with Gasteiger partial charge in [-0.2, -0.15) is 4.98 Å². The minimum atomic E-state index is -4.02. The van der Waals surface area contributed by atoms with Gasteiger partial charge >= 0.3 is 11.7 Å². The second-order valence-corrected chi connectivity index (χ2v) is 10.9. The van der Waals surface area contributed by atoms with Crippen LogP contribution in [0.3, 0.4) is 0 Å². The van der Waals surface area contributed by atoms with E-state index in [4.69, 9.17) is 9.63 Å². The fourth-order valence-electron chi connectivity index (χ4n) is 3.77. The highest BCUT2D eigenvalue weighted by Crippen LogP contribution is 2.32. The first-order valence-corrected chi connectivity index (χ1v) is 13.9. The lowest BCUT2D eigenvalue weighted by Gasteiger charge is -2.21. The number of nitrogens with one attached hydrogen (secondary N) is 2. The number of aliphatic hydroxyl groups excluding tert-OH is 1. The Morgan fingerprint density at radius 3 is 2.45 bits per heavy atom. The predicted molar refractivity (Wildman–Crippen MR) is 151 cm³/mol. The number of rotatable bonds is 10. The fourth-order valence-corrected chi connectivity index (χ4v) is 4.77. The first-order valence-electron chi connectivity index (χ1n) is 12.4. The van der Waals surface area contributed by atoms with E-state index >= 15 is 0 Å². The van der Waals surface area contributed by atoms with E-state index in [2.05, 4.69) is 33.9 Å². The molecule has 11 nitrogen and oxygen atoms in total. The Morgan fingerprint density at radius 2 is 1.77 bits per heavy atom. The molecule has 12 heteroatoms. The standard InChI is InChI=1S/C27H27N5O5S.CH4O/c1-18(2)14-15-32(3)24-13-12-19(17-23(24)29-34)25-28-27(37-30-25)21-9-7-8-20(16-21)26(33)31-38(35,36)22-10-5-4-6-11-22;1-2/h4-13,16-18H,14-15H2,1-3H3,(H,31,33);2H,1H3/p+1. The molecule has 0 aliphatic carbocycles. The molecule has 0 saturated carbocycles. The maximum Gasteiger partial charge on any atom is 0.378 e. The molecule has 0 spiro atoms. The summed E-state index contributed by atoms with van der Waals surface area (Å²) in [4.78, 5) is 29.3. The molecule has 0 unspecified atom stereocenters. The average Bonchev–Trinajstić information content (AvgIpc) is 3.47. The summed E-state index contributed by atoms with van der Waals surface area (Å²) in [5.41, 5.74) is 2.20. The van der Waals surface area contributed by atoms with E-state index in [0.717, 1.165) is 25.8 Å². The molecule has 1 heterocycles. The van der Waals surface area contributed by atoms with Crippen LogP contribution in [0, 0.1) is 10.8 Å². The van der Waals surface area contributed by atoms with E-state index in [9.17, 15) is 18.1 Å². The van der Waals surface area contributed by atoms with Crippen LogP contribution >= 0.6 is 0 Å². The van der Waals surface area contributed by atoms with Crippen LogP contribution < -0.4 is 14.6 Å². The fraction of sp³-hybridized carbons (Fsp3) is 0.250. The van der Waals surface area contributed by atoms with Crippen molar-refractivity contribution in [3.8, 4) is 22.8 Å². The second kappa shape index (κ2) is 13.6. The molecule has 0 saturated heterocycles. The molecule has 4 aromatic rings. The normalized spacial score (nSPS) is 10.9. The predicted octanol–water partition coefficient (Wildman–Crippen LogP) is 4.43. The van der Waals surface area contributed by atoms with Gasteiger partial charge in [0.15, 0.2) is 5.16 Å². The van der Waals surface area contributed by atoms with Crippen molar-refractivity contribution in [1.82, 2.24) is 9.88 Å². The van der Waals surface area contributed by atoms with Gasteiger partial charge in [0.2, 0.25) is 0 Å². The Morgan fingerprint density at radius 1 is 1.05 bits per heavy atom. The van der Waals surface area contributed by atoms with E-state index in [0.29, 0.717) is 22.9 Å². The lowest BCUT2D eigenvalue weighted by Crippen LogP contribution is -2.30. The van der Waals surface area contributed by atoms with Crippen LogP contribution in [0.5, 0.6) is 0 Å². The number of sulfonamides is 1. The first kappa shape index (κ1) is 30.1. The number of hydrogen-bond acceptors (Lipinski definition) is 9. The van der Waals surface area contributed by atoms with Gasteiger partial charge in [0.1, 0.15) is 5.69 Å². The monoisotopic (exact) mass is 566 g/mol. The molecule has 1 amide bonds. The van der Waals surface area contributed by atoms with Crippen LogP contribution in [0.2, 0.25) is 0 Å². The van der Waals surface area contributed by atoms with Crippen LogP contribution in [0.4, 0.5) is 11.4 Å². The minimum Gasteiger partial charge on any atom is -0.400 e. The molecular weight excluding hydrogens is 534 g/mol. The molecule has 3 N–H and O–H groups in total. The van der Waals surface area contributed by atoms with Gasteiger partial charge < -0.3 is 10.0 Å². The lowest BCUT2D eigenvalue weighted by atomic mass is 10.1. The molecule has 40 heavy (non-hydrogen) atoms. The summed E-state index contributed by atoms with van der Waals surface area (Å²) in [5, 5.41) is 14.3. The third-order valence-corrected chi connectivity index (χ3v) is 7.27. The molecule has 3 aromatic carbocycles. The minimum absolute atomic E-state index is 0.0148. The summed E-state index contributed by atoms with van der Waals surface area (Å²) in [5.74, 6) is 0.363. The number of benzene rings is 3. The van der Waals surface area contributed by atoms with Gasteiger partial charge in [0, 0.05) is 26.3 Å². The van der Waals surface area contributed by atoms with Crippen molar-refractivity contribution in [3.63, 3.8) is 0 Å². The first-order chi connectivity index (χ1) is 19.2. The SMILES string of the molecule is CC(C)CCN(C)c1ccc(-c2noc(-c3cccc(C(=O)NS(=O)(=O)c4ccccc4)c3)[nH+]2)cc1N=O.CO. The van der Waals surface area contributed by atoms with Crippen molar-refractivity contribution in [2.75, 3.05) is 25.6 Å². The van der Waals surface area contributed by atoms with Crippen LogP contribution in [-0.2, 0) is 10.0 Å². The summed E-state index contributed by atoms with van der Waals surface area (Å²) in [6.45, 7) is 5.07.